The lowest BCUT2D eigenvalue weighted by Gasteiger charge is -2.20. The van der Waals surface area contributed by atoms with E-state index in [1.807, 2.05) is 6.92 Å². The van der Waals surface area contributed by atoms with Crippen molar-refractivity contribution in [2.24, 2.45) is 0 Å². The van der Waals surface area contributed by atoms with Gasteiger partial charge in [0, 0.05) is 6.04 Å². The minimum atomic E-state index is -0.155. The first-order chi connectivity index (χ1) is 6.74. The summed E-state index contributed by atoms with van der Waals surface area (Å²) in [6, 6.07) is 2.63. The first-order valence-electron chi connectivity index (χ1n) is 5.55. The molecule has 1 rings (SSSR count). The van der Waals surface area contributed by atoms with E-state index in [1.54, 1.807) is 0 Å². The lowest BCUT2D eigenvalue weighted by molar-refractivity contribution is 0.450. The number of nitrogens with zero attached hydrogens (tertiary/aromatic N) is 1. The van der Waals surface area contributed by atoms with Gasteiger partial charge in [0.05, 0.1) is 6.07 Å². The van der Waals surface area contributed by atoms with Gasteiger partial charge in [0.2, 0.25) is 0 Å². The summed E-state index contributed by atoms with van der Waals surface area (Å²) in [4.78, 5) is 0. The summed E-state index contributed by atoms with van der Waals surface area (Å²) >= 11 is 0. The topological polar surface area (TPSA) is 35.8 Å². The number of rotatable bonds is 3. The quantitative estimate of drug-likeness (QED) is 0.551. The van der Waals surface area contributed by atoms with Gasteiger partial charge in [-0.25, -0.2) is 0 Å². The van der Waals surface area contributed by atoms with Crippen LogP contribution in [0, 0.1) is 11.3 Å². The van der Waals surface area contributed by atoms with E-state index < -0.39 is 0 Å². The van der Waals surface area contributed by atoms with E-state index in [2.05, 4.69) is 18.0 Å². The largest absolute Gasteiger partial charge is 0.296 e. The minimum absolute atomic E-state index is 0.155. The van der Waals surface area contributed by atoms with E-state index in [9.17, 15) is 0 Å². The molecule has 1 atom stereocenters. The van der Waals surface area contributed by atoms with Crippen molar-refractivity contribution in [3.05, 3.63) is 12.2 Å². The van der Waals surface area contributed by atoms with Crippen molar-refractivity contribution in [3.8, 4) is 6.07 Å². The zero-order chi connectivity index (χ0) is 10.4. The fraction of sp³-hybridized carbons (Fsp3) is 0.750. The Labute approximate surface area is 87.0 Å². The molecule has 0 bridgehead atoms. The summed E-state index contributed by atoms with van der Waals surface area (Å²) in [7, 11) is 0. The van der Waals surface area contributed by atoms with Crippen molar-refractivity contribution in [3.63, 3.8) is 0 Å². The van der Waals surface area contributed by atoms with Crippen molar-refractivity contribution in [1.29, 1.82) is 5.26 Å². The molecule has 1 saturated carbocycles. The van der Waals surface area contributed by atoms with Crippen LogP contribution in [0.1, 0.15) is 45.4 Å². The van der Waals surface area contributed by atoms with Crippen LogP contribution in [0.15, 0.2) is 12.2 Å². The molecule has 0 radical (unpaired) electrons. The molecule has 0 aromatic rings. The molecule has 1 aliphatic rings. The summed E-state index contributed by atoms with van der Waals surface area (Å²) in [6.07, 6.45) is 7.72. The molecule has 0 aromatic heterocycles. The van der Waals surface area contributed by atoms with Crippen LogP contribution in [-0.4, -0.2) is 12.1 Å². The predicted molar refractivity (Wildman–Crippen MR) is 58.8 cm³/mol. The smallest absolute Gasteiger partial charge is 0.117 e. The third-order valence-electron chi connectivity index (χ3n) is 2.88. The Morgan fingerprint density at radius 1 is 1.36 bits per heavy atom. The Morgan fingerprint density at radius 2 is 1.93 bits per heavy atom. The standard InChI is InChI=1S/C12H20N2/c1-10(2)12(9-13)14-11-7-5-3-4-6-8-11/h11-12,14H,1,3-8H2,2H3. The number of nitriles is 1. The maximum atomic E-state index is 8.92. The van der Waals surface area contributed by atoms with Crippen molar-refractivity contribution in [1.82, 2.24) is 5.32 Å². The second kappa shape index (κ2) is 5.82. The maximum Gasteiger partial charge on any atom is 0.117 e. The van der Waals surface area contributed by atoms with E-state index in [1.165, 1.54) is 38.5 Å². The molecule has 0 spiro atoms. The molecule has 0 aliphatic heterocycles. The molecule has 1 N–H and O–H groups in total. The zero-order valence-electron chi connectivity index (χ0n) is 9.05. The molecule has 2 heteroatoms. The number of hydrogen-bond donors (Lipinski definition) is 1. The molecule has 0 aromatic carbocycles. The van der Waals surface area contributed by atoms with Gasteiger partial charge in [-0.05, 0) is 25.3 Å². The lowest BCUT2D eigenvalue weighted by Crippen LogP contribution is -2.37. The van der Waals surface area contributed by atoms with Crippen molar-refractivity contribution < 1.29 is 0 Å². The fourth-order valence-corrected chi connectivity index (χ4v) is 1.97. The van der Waals surface area contributed by atoms with Crippen LogP contribution in [0.25, 0.3) is 0 Å². The monoisotopic (exact) mass is 192 g/mol. The Bertz CT molecular complexity index is 219. The van der Waals surface area contributed by atoms with Crippen LogP contribution in [0.5, 0.6) is 0 Å². The average molecular weight is 192 g/mol. The van der Waals surface area contributed by atoms with Crippen LogP contribution in [0.2, 0.25) is 0 Å². The van der Waals surface area contributed by atoms with Gasteiger partial charge in [0.25, 0.3) is 0 Å². The molecular formula is C12H20N2. The summed E-state index contributed by atoms with van der Waals surface area (Å²) in [5.41, 5.74) is 0.928. The Morgan fingerprint density at radius 3 is 2.36 bits per heavy atom. The lowest BCUT2D eigenvalue weighted by atomic mass is 10.1. The van der Waals surface area contributed by atoms with E-state index in [0.29, 0.717) is 6.04 Å². The van der Waals surface area contributed by atoms with Gasteiger partial charge in [-0.15, -0.1) is 0 Å². The summed E-state index contributed by atoms with van der Waals surface area (Å²) in [6.45, 7) is 5.74. The zero-order valence-corrected chi connectivity index (χ0v) is 9.05. The molecule has 1 aliphatic carbocycles. The van der Waals surface area contributed by atoms with Gasteiger partial charge < -0.3 is 0 Å². The summed E-state index contributed by atoms with van der Waals surface area (Å²) in [5.74, 6) is 0. The van der Waals surface area contributed by atoms with Crippen LogP contribution in [0.4, 0.5) is 0 Å². The van der Waals surface area contributed by atoms with Crippen molar-refractivity contribution in [2.45, 2.75) is 57.5 Å². The first-order valence-corrected chi connectivity index (χ1v) is 5.55. The van der Waals surface area contributed by atoms with Gasteiger partial charge in [0.1, 0.15) is 6.04 Å². The third kappa shape index (κ3) is 3.51. The van der Waals surface area contributed by atoms with Crippen LogP contribution < -0.4 is 5.32 Å². The van der Waals surface area contributed by atoms with Crippen molar-refractivity contribution in [2.75, 3.05) is 0 Å². The second-order valence-electron chi connectivity index (χ2n) is 4.26. The van der Waals surface area contributed by atoms with Gasteiger partial charge >= 0.3 is 0 Å². The Balaban J connectivity index is 2.40. The maximum absolute atomic E-state index is 8.92. The van der Waals surface area contributed by atoms with Crippen LogP contribution in [-0.2, 0) is 0 Å². The number of hydrogen-bond acceptors (Lipinski definition) is 2. The molecule has 78 valence electrons. The molecule has 1 unspecified atom stereocenters. The highest BCUT2D eigenvalue weighted by atomic mass is 14.9. The first kappa shape index (κ1) is 11.3. The van der Waals surface area contributed by atoms with E-state index in [-0.39, 0.29) is 6.04 Å². The Kier molecular flexibility index (Phi) is 4.69. The molecule has 0 saturated heterocycles. The number of nitrogens with one attached hydrogen (secondary N) is 1. The van der Waals surface area contributed by atoms with Gasteiger partial charge in [-0.3, -0.25) is 5.32 Å². The summed E-state index contributed by atoms with van der Waals surface area (Å²) in [5, 5.41) is 12.3. The molecule has 2 nitrogen and oxygen atoms in total. The molecule has 0 heterocycles. The highest BCUT2D eigenvalue weighted by molar-refractivity contribution is 5.13. The van der Waals surface area contributed by atoms with E-state index in [0.717, 1.165) is 5.57 Å². The predicted octanol–water partition coefficient (Wildman–Crippen LogP) is 2.77. The fourth-order valence-electron chi connectivity index (χ4n) is 1.97. The third-order valence-corrected chi connectivity index (χ3v) is 2.88. The molecule has 1 fully saturated rings. The highest BCUT2D eigenvalue weighted by Gasteiger charge is 2.16. The molecule has 0 amide bonds. The van der Waals surface area contributed by atoms with Gasteiger partial charge in [-0.2, -0.15) is 5.26 Å². The van der Waals surface area contributed by atoms with E-state index >= 15 is 0 Å². The summed E-state index contributed by atoms with van der Waals surface area (Å²) < 4.78 is 0. The molecular weight excluding hydrogens is 172 g/mol. The Hall–Kier alpha value is -0.810. The van der Waals surface area contributed by atoms with Crippen LogP contribution >= 0.6 is 0 Å². The van der Waals surface area contributed by atoms with Gasteiger partial charge in [-0.1, -0.05) is 32.3 Å². The SMILES string of the molecule is C=C(C)C(C#N)NC1CCCCCC1. The van der Waals surface area contributed by atoms with E-state index in [4.69, 9.17) is 5.26 Å². The highest BCUT2D eigenvalue weighted by Crippen LogP contribution is 2.18. The van der Waals surface area contributed by atoms with Crippen LogP contribution in [0.3, 0.4) is 0 Å². The minimum Gasteiger partial charge on any atom is -0.296 e. The normalized spacial score (nSPS) is 20.9. The average Bonchev–Trinajstić information content (AvgIpc) is 2.41. The van der Waals surface area contributed by atoms with Gasteiger partial charge in [0.15, 0.2) is 0 Å². The van der Waals surface area contributed by atoms with Crippen molar-refractivity contribution >= 4 is 0 Å². The molecule has 14 heavy (non-hydrogen) atoms. The second-order valence-corrected chi connectivity index (χ2v) is 4.26.